The Kier molecular flexibility index (Phi) is 4.10. The Labute approximate surface area is 92.3 Å². The molecule has 88 valence electrons. The van der Waals surface area contributed by atoms with Crippen molar-refractivity contribution < 1.29 is 18.0 Å². The first kappa shape index (κ1) is 12.7. The molecule has 0 radical (unpaired) electrons. The Morgan fingerprint density at radius 2 is 1.81 bits per heavy atom. The van der Waals surface area contributed by atoms with E-state index in [2.05, 4.69) is 0 Å². The highest BCUT2D eigenvalue weighted by atomic mass is 19.4. The predicted molar refractivity (Wildman–Crippen MR) is 55.2 cm³/mol. The summed E-state index contributed by atoms with van der Waals surface area (Å²) in [5.41, 5.74) is 0.469. The second-order valence-corrected chi connectivity index (χ2v) is 3.92. The molecule has 0 aromatic heterocycles. The number of benzene rings is 1. The minimum Gasteiger partial charge on any atom is -0.294 e. The summed E-state index contributed by atoms with van der Waals surface area (Å²) in [7, 11) is 0. The molecule has 1 nitrogen and oxygen atoms in total. The normalized spacial score (nSPS) is 13.5. The van der Waals surface area contributed by atoms with Crippen LogP contribution in [0.1, 0.15) is 30.1 Å². The van der Waals surface area contributed by atoms with Gasteiger partial charge in [-0.25, -0.2) is 0 Å². The van der Waals surface area contributed by atoms with Crippen LogP contribution in [0.4, 0.5) is 13.2 Å². The van der Waals surface area contributed by atoms with Gasteiger partial charge in [0.05, 0.1) is 0 Å². The Hall–Kier alpha value is -1.32. The van der Waals surface area contributed by atoms with E-state index in [1.165, 1.54) is 6.92 Å². The lowest BCUT2D eigenvalue weighted by Gasteiger charge is -2.12. The van der Waals surface area contributed by atoms with Gasteiger partial charge in [-0.15, -0.1) is 0 Å². The lowest BCUT2D eigenvalue weighted by molar-refractivity contribution is -0.142. The monoisotopic (exact) mass is 230 g/mol. The summed E-state index contributed by atoms with van der Waals surface area (Å²) in [6.45, 7) is 1.44. The Bertz CT molecular complexity index is 343. The van der Waals surface area contributed by atoms with E-state index in [0.29, 0.717) is 5.56 Å². The number of alkyl halides is 3. The van der Waals surface area contributed by atoms with E-state index in [9.17, 15) is 18.0 Å². The highest BCUT2D eigenvalue weighted by Gasteiger charge is 2.30. The molecule has 1 unspecified atom stereocenters. The van der Waals surface area contributed by atoms with Gasteiger partial charge in [-0.3, -0.25) is 4.79 Å². The van der Waals surface area contributed by atoms with Crippen molar-refractivity contribution in [2.75, 3.05) is 0 Å². The molecule has 0 saturated carbocycles. The molecule has 16 heavy (non-hydrogen) atoms. The Morgan fingerprint density at radius 3 is 2.31 bits per heavy atom. The molecule has 0 spiro atoms. The number of hydrogen-bond donors (Lipinski definition) is 0. The van der Waals surface area contributed by atoms with Gasteiger partial charge >= 0.3 is 6.18 Å². The molecule has 0 heterocycles. The second kappa shape index (κ2) is 5.14. The molecule has 0 amide bonds. The fraction of sp³-hybridized carbons (Fsp3) is 0.417. The van der Waals surface area contributed by atoms with E-state index < -0.39 is 18.5 Å². The van der Waals surface area contributed by atoms with Crippen molar-refractivity contribution in [1.82, 2.24) is 0 Å². The van der Waals surface area contributed by atoms with Gasteiger partial charge in [0, 0.05) is 18.4 Å². The molecule has 4 heteroatoms. The number of halogens is 3. The fourth-order valence-electron chi connectivity index (χ4n) is 1.53. The first-order valence-electron chi connectivity index (χ1n) is 5.03. The van der Waals surface area contributed by atoms with E-state index in [0.717, 1.165) is 0 Å². The van der Waals surface area contributed by atoms with Crippen molar-refractivity contribution in [3.8, 4) is 0 Å². The molecular formula is C12H13F3O. The highest BCUT2D eigenvalue weighted by molar-refractivity contribution is 5.96. The Morgan fingerprint density at radius 1 is 1.25 bits per heavy atom. The van der Waals surface area contributed by atoms with E-state index in [4.69, 9.17) is 0 Å². The summed E-state index contributed by atoms with van der Waals surface area (Å²) < 4.78 is 36.1. The van der Waals surface area contributed by atoms with Gasteiger partial charge in [0.15, 0.2) is 5.78 Å². The fourth-order valence-corrected chi connectivity index (χ4v) is 1.53. The standard InChI is InChI=1S/C12H13F3O/c1-9(8-12(13,14)15)7-11(16)10-5-3-2-4-6-10/h2-6,9H,7-8H2,1H3. The van der Waals surface area contributed by atoms with Crippen LogP contribution in [0.3, 0.4) is 0 Å². The average molecular weight is 230 g/mol. The third-order valence-corrected chi connectivity index (χ3v) is 2.21. The van der Waals surface area contributed by atoms with Crippen LogP contribution in [0, 0.1) is 5.92 Å². The van der Waals surface area contributed by atoms with Gasteiger partial charge in [-0.05, 0) is 5.92 Å². The van der Waals surface area contributed by atoms with Crippen LogP contribution >= 0.6 is 0 Å². The molecule has 0 aliphatic heterocycles. The molecule has 0 aliphatic rings. The van der Waals surface area contributed by atoms with Gasteiger partial charge in [-0.2, -0.15) is 13.2 Å². The zero-order valence-electron chi connectivity index (χ0n) is 8.92. The minimum atomic E-state index is -4.20. The summed E-state index contributed by atoms with van der Waals surface area (Å²) in [6.07, 6.45) is -5.18. The van der Waals surface area contributed by atoms with Crippen molar-refractivity contribution in [3.63, 3.8) is 0 Å². The van der Waals surface area contributed by atoms with E-state index in [1.807, 2.05) is 0 Å². The largest absolute Gasteiger partial charge is 0.389 e. The van der Waals surface area contributed by atoms with E-state index in [-0.39, 0.29) is 12.2 Å². The van der Waals surface area contributed by atoms with Crippen molar-refractivity contribution in [2.45, 2.75) is 25.9 Å². The van der Waals surface area contributed by atoms with Crippen molar-refractivity contribution in [3.05, 3.63) is 35.9 Å². The first-order valence-corrected chi connectivity index (χ1v) is 5.03. The highest BCUT2D eigenvalue weighted by Crippen LogP contribution is 2.26. The lowest BCUT2D eigenvalue weighted by Crippen LogP contribution is -2.15. The van der Waals surface area contributed by atoms with Crippen molar-refractivity contribution in [2.24, 2.45) is 5.92 Å². The van der Waals surface area contributed by atoms with Crippen LogP contribution in [-0.2, 0) is 0 Å². The molecule has 1 aromatic carbocycles. The van der Waals surface area contributed by atoms with Crippen LogP contribution in [-0.4, -0.2) is 12.0 Å². The molecule has 0 aliphatic carbocycles. The van der Waals surface area contributed by atoms with Crippen LogP contribution < -0.4 is 0 Å². The van der Waals surface area contributed by atoms with E-state index in [1.54, 1.807) is 30.3 Å². The van der Waals surface area contributed by atoms with Crippen molar-refractivity contribution in [1.29, 1.82) is 0 Å². The summed E-state index contributed by atoms with van der Waals surface area (Å²) in [5, 5.41) is 0. The van der Waals surface area contributed by atoms with Crippen LogP contribution in [0.25, 0.3) is 0 Å². The third kappa shape index (κ3) is 4.47. The van der Waals surface area contributed by atoms with Crippen LogP contribution in [0.5, 0.6) is 0 Å². The third-order valence-electron chi connectivity index (χ3n) is 2.21. The maximum atomic E-state index is 12.0. The number of carbonyl (C=O) groups is 1. The van der Waals surface area contributed by atoms with Crippen LogP contribution in [0.2, 0.25) is 0 Å². The molecule has 0 bridgehead atoms. The molecule has 1 atom stereocenters. The Balaban J connectivity index is 2.53. The predicted octanol–water partition coefficient (Wildman–Crippen LogP) is 3.85. The number of ketones is 1. The van der Waals surface area contributed by atoms with Gasteiger partial charge in [0.2, 0.25) is 0 Å². The number of Topliss-reactive ketones (excluding diaryl/α,β-unsaturated/α-hetero) is 1. The summed E-state index contributed by atoms with van der Waals surface area (Å²) in [6, 6.07) is 8.38. The van der Waals surface area contributed by atoms with Crippen LogP contribution in [0.15, 0.2) is 30.3 Å². The summed E-state index contributed by atoms with van der Waals surface area (Å²) >= 11 is 0. The zero-order valence-corrected chi connectivity index (χ0v) is 8.92. The maximum absolute atomic E-state index is 12.0. The summed E-state index contributed by atoms with van der Waals surface area (Å²) in [5.74, 6) is -0.912. The average Bonchev–Trinajstić information content (AvgIpc) is 2.16. The minimum absolute atomic E-state index is 0.0659. The molecular weight excluding hydrogens is 217 g/mol. The second-order valence-electron chi connectivity index (χ2n) is 3.92. The molecule has 1 aromatic rings. The topological polar surface area (TPSA) is 17.1 Å². The van der Waals surface area contributed by atoms with Gasteiger partial charge in [0.1, 0.15) is 0 Å². The molecule has 0 saturated heterocycles. The van der Waals surface area contributed by atoms with Gasteiger partial charge in [-0.1, -0.05) is 37.3 Å². The molecule has 1 rings (SSSR count). The molecule has 0 N–H and O–H groups in total. The maximum Gasteiger partial charge on any atom is 0.389 e. The van der Waals surface area contributed by atoms with E-state index >= 15 is 0 Å². The number of hydrogen-bond acceptors (Lipinski definition) is 1. The van der Waals surface area contributed by atoms with Crippen molar-refractivity contribution >= 4 is 5.78 Å². The molecule has 0 fully saturated rings. The summed E-state index contributed by atoms with van der Waals surface area (Å²) in [4.78, 5) is 11.6. The van der Waals surface area contributed by atoms with Gasteiger partial charge < -0.3 is 0 Å². The van der Waals surface area contributed by atoms with Gasteiger partial charge in [0.25, 0.3) is 0 Å². The quantitative estimate of drug-likeness (QED) is 0.718. The smallest absolute Gasteiger partial charge is 0.294 e. The number of rotatable bonds is 4. The number of carbonyl (C=O) groups excluding carboxylic acids is 1. The lowest BCUT2D eigenvalue weighted by atomic mass is 9.97. The first-order chi connectivity index (χ1) is 7.38. The zero-order chi connectivity index (χ0) is 12.2. The SMILES string of the molecule is CC(CC(=O)c1ccccc1)CC(F)(F)F.